The van der Waals surface area contributed by atoms with Crippen molar-refractivity contribution in [2.24, 2.45) is 5.16 Å². The van der Waals surface area contributed by atoms with Gasteiger partial charge in [-0.15, -0.1) is 0 Å². The van der Waals surface area contributed by atoms with E-state index in [1.807, 2.05) is 72.8 Å². The van der Waals surface area contributed by atoms with Gasteiger partial charge in [0.2, 0.25) is 12.0 Å². The van der Waals surface area contributed by atoms with Gasteiger partial charge < -0.3 is 25.4 Å². The van der Waals surface area contributed by atoms with E-state index in [1.54, 1.807) is 12.2 Å². The molecule has 10 nitrogen and oxygen atoms in total. The molecule has 4 N–H and O–H groups in total. The lowest BCUT2D eigenvalue weighted by molar-refractivity contribution is -0.148. The van der Waals surface area contributed by atoms with E-state index in [1.165, 1.54) is 57.4 Å². The Morgan fingerprint density at radius 3 is 1.87 bits per heavy atom. The van der Waals surface area contributed by atoms with Gasteiger partial charge in [-0.2, -0.15) is 0 Å². The number of imidazole rings is 1. The second-order valence-electron chi connectivity index (χ2n) is 13.3. The average Bonchev–Trinajstić information content (AvgIpc) is 3.85. The molecule has 1 aliphatic rings. The first kappa shape index (κ1) is 38.5. The van der Waals surface area contributed by atoms with Gasteiger partial charge in [-0.1, -0.05) is 143 Å². The summed E-state index contributed by atoms with van der Waals surface area (Å²) in [6, 6.07) is 22.9. The molecule has 0 bridgehead atoms. The summed E-state index contributed by atoms with van der Waals surface area (Å²) in [5, 5.41) is 25.2. The third-order valence-electron chi connectivity index (χ3n) is 9.20. The molecule has 0 fully saturated rings. The molecule has 3 aromatic carbocycles. The Hall–Kier alpha value is -5.77. The SMILES string of the molecule is CCCCCCCCCCCCNC(=O)/C=C/c1ccc(-c2nc(-c3ccc(C4=NOC(C(=O)O)C4)cc3)[nH]c2-c2ccc(/C=C/C(=O)O)cc2)cc1. The number of amides is 1. The van der Waals surface area contributed by atoms with Crippen LogP contribution in [0.25, 0.3) is 46.1 Å². The number of aromatic amines is 1. The number of nitrogens with zero attached hydrogens (tertiary/aromatic N) is 2. The number of carbonyl (C=O) groups excluding carboxylic acids is 1. The number of rotatable bonds is 20. The molecule has 1 unspecified atom stereocenters. The highest BCUT2D eigenvalue weighted by atomic mass is 16.7. The summed E-state index contributed by atoms with van der Waals surface area (Å²) in [6.45, 7) is 2.92. The van der Waals surface area contributed by atoms with Crippen LogP contribution in [-0.2, 0) is 19.2 Å². The molecule has 0 saturated carbocycles. The second-order valence-corrected chi connectivity index (χ2v) is 13.3. The van der Waals surface area contributed by atoms with E-state index < -0.39 is 18.0 Å². The number of hydrogen-bond donors (Lipinski definition) is 4. The van der Waals surface area contributed by atoms with Gasteiger partial charge in [-0.25, -0.2) is 14.6 Å². The van der Waals surface area contributed by atoms with Crippen molar-refractivity contribution in [1.29, 1.82) is 0 Å². The quantitative estimate of drug-likeness (QED) is 0.0525. The largest absolute Gasteiger partial charge is 0.478 e. The van der Waals surface area contributed by atoms with Crippen LogP contribution in [-0.4, -0.2) is 56.4 Å². The standard InChI is InChI=1S/C43H48N4O6/c1-2-3-4-5-6-7-8-9-10-11-28-44-38(48)26-16-30-12-18-33(19-13-30)40-41(34-20-14-31(15-21-34)17-27-39(49)50)46-42(45-40)35-24-22-32(23-25-35)36-29-37(43(51)52)53-47-36/h12-27,37H,2-11,28-29H2,1H3,(H,44,48)(H,45,46)(H,49,50)(H,51,52)/b26-16+,27-17+. The highest BCUT2D eigenvalue weighted by Crippen LogP contribution is 2.34. The number of carboxylic acids is 2. The average molecular weight is 717 g/mol. The van der Waals surface area contributed by atoms with Crippen molar-refractivity contribution in [2.75, 3.05) is 6.54 Å². The van der Waals surface area contributed by atoms with Gasteiger partial charge in [0.15, 0.2) is 0 Å². The summed E-state index contributed by atoms with van der Waals surface area (Å²) in [5.41, 5.74) is 7.03. The van der Waals surface area contributed by atoms with Gasteiger partial charge >= 0.3 is 11.9 Å². The number of oxime groups is 1. The Kier molecular flexibility index (Phi) is 14.3. The van der Waals surface area contributed by atoms with Gasteiger partial charge in [0.25, 0.3) is 0 Å². The zero-order chi connectivity index (χ0) is 37.4. The first-order valence-electron chi connectivity index (χ1n) is 18.5. The molecule has 276 valence electrons. The molecule has 0 spiro atoms. The number of benzene rings is 3. The summed E-state index contributed by atoms with van der Waals surface area (Å²) in [6.07, 6.45) is 17.8. The van der Waals surface area contributed by atoms with Crippen LogP contribution < -0.4 is 5.32 Å². The van der Waals surface area contributed by atoms with Gasteiger partial charge in [0.1, 0.15) is 5.82 Å². The minimum Gasteiger partial charge on any atom is -0.478 e. The van der Waals surface area contributed by atoms with Crippen LogP contribution in [0.3, 0.4) is 0 Å². The maximum absolute atomic E-state index is 12.5. The number of unbranched alkanes of at least 4 members (excludes halogenated alkanes) is 9. The summed E-state index contributed by atoms with van der Waals surface area (Å²) in [7, 11) is 0. The Morgan fingerprint density at radius 1 is 0.736 bits per heavy atom. The predicted molar refractivity (Wildman–Crippen MR) is 209 cm³/mol. The maximum Gasteiger partial charge on any atom is 0.348 e. The van der Waals surface area contributed by atoms with E-state index in [4.69, 9.17) is 14.9 Å². The van der Waals surface area contributed by atoms with Crippen LogP contribution in [0.4, 0.5) is 0 Å². The van der Waals surface area contributed by atoms with Crippen molar-refractivity contribution in [3.05, 3.63) is 102 Å². The zero-order valence-electron chi connectivity index (χ0n) is 30.2. The summed E-state index contributed by atoms with van der Waals surface area (Å²) in [4.78, 5) is 48.2. The van der Waals surface area contributed by atoms with E-state index in [9.17, 15) is 19.5 Å². The molecular weight excluding hydrogens is 668 g/mol. The molecule has 1 aliphatic heterocycles. The van der Waals surface area contributed by atoms with Crippen molar-refractivity contribution in [1.82, 2.24) is 15.3 Å². The molecule has 5 rings (SSSR count). The zero-order valence-corrected chi connectivity index (χ0v) is 30.2. The molecule has 53 heavy (non-hydrogen) atoms. The number of aromatic nitrogens is 2. The number of aliphatic carboxylic acids is 2. The molecule has 1 atom stereocenters. The lowest BCUT2D eigenvalue weighted by Gasteiger charge is -2.05. The molecule has 0 saturated heterocycles. The predicted octanol–water partition coefficient (Wildman–Crippen LogP) is 9.14. The third-order valence-corrected chi connectivity index (χ3v) is 9.20. The van der Waals surface area contributed by atoms with Gasteiger partial charge in [0, 0.05) is 41.8 Å². The van der Waals surface area contributed by atoms with E-state index >= 15 is 0 Å². The van der Waals surface area contributed by atoms with Crippen LogP contribution >= 0.6 is 0 Å². The van der Waals surface area contributed by atoms with Crippen molar-refractivity contribution in [3.8, 4) is 33.9 Å². The van der Waals surface area contributed by atoms with Gasteiger partial charge in [-0.05, 0) is 35.3 Å². The minimum atomic E-state index is -1.05. The molecule has 0 radical (unpaired) electrons. The van der Waals surface area contributed by atoms with Crippen LogP contribution in [0.5, 0.6) is 0 Å². The fourth-order valence-electron chi connectivity index (χ4n) is 6.16. The number of nitrogens with one attached hydrogen (secondary N) is 2. The van der Waals surface area contributed by atoms with Gasteiger partial charge in [-0.3, -0.25) is 4.79 Å². The summed E-state index contributed by atoms with van der Waals surface area (Å²) in [5.74, 6) is -1.54. The van der Waals surface area contributed by atoms with Crippen molar-refractivity contribution >= 4 is 35.7 Å². The Morgan fingerprint density at radius 2 is 1.28 bits per heavy atom. The number of carbonyl (C=O) groups is 3. The molecule has 1 amide bonds. The van der Waals surface area contributed by atoms with Crippen LogP contribution in [0.1, 0.15) is 94.2 Å². The first-order chi connectivity index (χ1) is 25.8. The lowest BCUT2D eigenvalue weighted by atomic mass is 10.0. The van der Waals surface area contributed by atoms with E-state index in [2.05, 4.69) is 22.4 Å². The normalized spacial score (nSPS) is 14.1. The molecule has 2 heterocycles. The first-order valence-corrected chi connectivity index (χ1v) is 18.5. The fraction of sp³-hybridized carbons (Fsp3) is 0.326. The minimum absolute atomic E-state index is 0.105. The second kappa shape index (κ2) is 19.7. The lowest BCUT2D eigenvalue weighted by Crippen LogP contribution is -2.21. The topological polar surface area (TPSA) is 154 Å². The molecule has 0 aliphatic carbocycles. The summed E-state index contributed by atoms with van der Waals surface area (Å²) < 4.78 is 0. The Labute approximate surface area is 310 Å². The third kappa shape index (κ3) is 11.6. The van der Waals surface area contributed by atoms with Gasteiger partial charge in [0.05, 0.1) is 17.1 Å². The molecule has 1 aromatic heterocycles. The highest BCUT2D eigenvalue weighted by Gasteiger charge is 2.28. The monoisotopic (exact) mass is 716 g/mol. The molecule has 10 heteroatoms. The van der Waals surface area contributed by atoms with Crippen LogP contribution in [0.2, 0.25) is 0 Å². The van der Waals surface area contributed by atoms with E-state index in [0.29, 0.717) is 18.1 Å². The Bertz CT molecular complexity index is 1910. The van der Waals surface area contributed by atoms with Crippen LogP contribution in [0, 0.1) is 0 Å². The fourth-order valence-corrected chi connectivity index (χ4v) is 6.16. The number of carboxylic acid groups (broad SMARTS) is 2. The maximum atomic E-state index is 12.5. The van der Waals surface area contributed by atoms with E-state index in [-0.39, 0.29) is 12.3 Å². The Balaban J connectivity index is 1.24. The van der Waals surface area contributed by atoms with Crippen molar-refractivity contribution in [2.45, 2.75) is 83.7 Å². The van der Waals surface area contributed by atoms with Crippen molar-refractivity contribution < 1.29 is 29.4 Å². The highest BCUT2D eigenvalue weighted by molar-refractivity contribution is 6.03. The smallest absolute Gasteiger partial charge is 0.348 e. The number of hydrogen-bond acceptors (Lipinski definition) is 6. The van der Waals surface area contributed by atoms with E-state index in [0.717, 1.165) is 63.7 Å². The number of H-pyrrole nitrogens is 1. The van der Waals surface area contributed by atoms with Crippen molar-refractivity contribution in [3.63, 3.8) is 0 Å². The molecular formula is C43H48N4O6. The summed E-state index contributed by atoms with van der Waals surface area (Å²) >= 11 is 0. The van der Waals surface area contributed by atoms with Crippen LogP contribution in [0.15, 0.2) is 90.1 Å². The molecule has 4 aromatic rings.